The number of pyridine rings is 1. The maximum absolute atomic E-state index is 12.2. The van der Waals surface area contributed by atoms with Crippen molar-refractivity contribution in [3.63, 3.8) is 0 Å². The standard InChI is InChI=1S/C6H5BFN.C2H6/c1-4-6(7)2-5(8)3-9-4;1-2/h2-3H,1H3;1-2H3. The van der Waals surface area contributed by atoms with Crippen LogP contribution in [0.15, 0.2) is 12.3 Å². The zero-order valence-corrected chi connectivity index (χ0v) is 7.06. The number of halogens is 1. The molecule has 11 heavy (non-hydrogen) atoms. The summed E-state index contributed by atoms with van der Waals surface area (Å²) >= 11 is 0. The largest absolute Gasteiger partial charge is 0.259 e. The molecule has 0 bridgehead atoms. The zero-order chi connectivity index (χ0) is 8.85. The van der Waals surface area contributed by atoms with Crippen molar-refractivity contribution in [2.24, 2.45) is 0 Å². The molecule has 58 valence electrons. The lowest BCUT2D eigenvalue weighted by Crippen LogP contribution is -2.09. The van der Waals surface area contributed by atoms with Gasteiger partial charge in [0.2, 0.25) is 0 Å². The van der Waals surface area contributed by atoms with Gasteiger partial charge in [0.1, 0.15) is 13.7 Å². The molecule has 0 aliphatic heterocycles. The van der Waals surface area contributed by atoms with Crippen LogP contribution in [0.25, 0.3) is 0 Å². The molecule has 0 spiro atoms. The van der Waals surface area contributed by atoms with Gasteiger partial charge in [-0.25, -0.2) is 4.39 Å². The van der Waals surface area contributed by atoms with Crippen LogP contribution < -0.4 is 5.46 Å². The Morgan fingerprint density at radius 1 is 1.45 bits per heavy atom. The van der Waals surface area contributed by atoms with Crippen molar-refractivity contribution in [2.75, 3.05) is 0 Å². The van der Waals surface area contributed by atoms with Crippen LogP contribution in [0, 0.1) is 12.7 Å². The van der Waals surface area contributed by atoms with E-state index in [2.05, 4.69) is 4.98 Å². The molecule has 1 aromatic rings. The molecule has 0 fully saturated rings. The van der Waals surface area contributed by atoms with E-state index in [0.29, 0.717) is 11.2 Å². The molecule has 0 aliphatic rings. The summed E-state index contributed by atoms with van der Waals surface area (Å²) in [5.41, 5.74) is 1.06. The zero-order valence-electron chi connectivity index (χ0n) is 7.06. The Balaban J connectivity index is 0.000000461. The van der Waals surface area contributed by atoms with Crippen LogP contribution >= 0.6 is 0 Å². The van der Waals surface area contributed by atoms with E-state index in [4.69, 9.17) is 7.85 Å². The van der Waals surface area contributed by atoms with E-state index in [0.717, 1.165) is 6.20 Å². The minimum absolute atomic E-state index is 0.391. The van der Waals surface area contributed by atoms with Crippen LogP contribution in [-0.2, 0) is 0 Å². The fraction of sp³-hybridized carbons (Fsp3) is 0.375. The Bertz CT molecular complexity index is 225. The topological polar surface area (TPSA) is 12.9 Å². The van der Waals surface area contributed by atoms with Crippen LogP contribution in [0.3, 0.4) is 0 Å². The average molecular weight is 151 g/mol. The summed E-state index contributed by atoms with van der Waals surface area (Å²) in [6, 6.07) is 1.25. The molecule has 0 unspecified atom stereocenters. The first-order chi connectivity index (χ1) is 5.20. The summed E-state index contributed by atoms with van der Waals surface area (Å²) in [6.45, 7) is 5.73. The Kier molecular flexibility index (Phi) is 4.50. The second-order valence-electron chi connectivity index (χ2n) is 1.83. The highest BCUT2D eigenvalue weighted by Crippen LogP contribution is 1.91. The summed E-state index contributed by atoms with van der Waals surface area (Å²) in [7, 11) is 5.32. The number of hydrogen-bond donors (Lipinski definition) is 0. The Hall–Kier alpha value is -0.855. The SMILES string of the molecule is CC.[B]c1cc(F)cnc1C. The number of aryl methyl sites for hydroxylation is 1. The van der Waals surface area contributed by atoms with Crippen molar-refractivity contribution in [1.82, 2.24) is 4.98 Å². The minimum atomic E-state index is -0.391. The monoisotopic (exact) mass is 151 g/mol. The van der Waals surface area contributed by atoms with Gasteiger partial charge in [-0.15, -0.1) is 0 Å². The maximum atomic E-state index is 12.2. The second kappa shape index (κ2) is 4.88. The Labute approximate surface area is 68.1 Å². The van der Waals surface area contributed by atoms with Gasteiger partial charge in [0, 0.05) is 5.69 Å². The average Bonchev–Trinajstić information content (AvgIpc) is 2.02. The lowest BCUT2D eigenvalue weighted by atomic mass is 9.95. The van der Waals surface area contributed by atoms with Crippen LogP contribution in [-0.4, -0.2) is 12.8 Å². The molecule has 3 heteroatoms. The van der Waals surface area contributed by atoms with E-state index in [9.17, 15) is 4.39 Å². The lowest BCUT2D eigenvalue weighted by molar-refractivity contribution is 0.622. The molecule has 0 amide bonds. The predicted molar refractivity (Wildman–Crippen MR) is 45.7 cm³/mol. The molecule has 0 aliphatic carbocycles. The van der Waals surface area contributed by atoms with E-state index in [1.165, 1.54) is 6.07 Å². The third kappa shape index (κ3) is 3.17. The molecular formula is C8H11BFN. The van der Waals surface area contributed by atoms with Crippen molar-refractivity contribution in [3.05, 3.63) is 23.8 Å². The van der Waals surface area contributed by atoms with Crippen LogP contribution in [0.4, 0.5) is 4.39 Å². The normalized spacial score (nSPS) is 8.36. The highest BCUT2D eigenvalue weighted by atomic mass is 19.1. The van der Waals surface area contributed by atoms with Crippen molar-refractivity contribution < 1.29 is 4.39 Å². The Morgan fingerprint density at radius 2 is 2.00 bits per heavy atom. The first-order valence-corrected chi connectivity index (χ1v) is 3.58. The van der Waals surface area contributed by atoms with E-state index >= 15 is 0 Å². The lowest BCUT2D eigenvalue weighted by Gasteiger charge is -1.95. The van der Waals surface area contributed by atoms with E-state index < -0.39 is 5.82 Å². The molecule has 1 rings (SSSR count). The molecular weight excluding hydrogens is 140 g/mol. The first kappa shape index (κ1) is 10.1. The van der Waals surface area contributed by atoms with Crippen LogP contribution in [0.5, 0.6) is 0 Å². The van der Waals surface area contributed by atoms with Gasteiger partial charge in [-0.1, -0.05) is 19.3 Å². The highest BCUT2D eigenvalue weighted by molar-refractivity contribution is 6.32. The summed E-state index contributed by atoms with van der Waals surface area (Å²) in [4.78, 5) is 3.68. The summed E-state index contributed by atoms with van der Waals surface area (Å²) in [6.07, 6.45) is 1.14. The van der Waals surface area contributed by atoms with Gasteiger partial charge in [-0.3, -0.25) is 4.98 Å². The van der Waals surface area contributed by atoms with Gasteiger partial charge in [0.05, 0.1) is 6.20 Å². The summed E-state index contributed by atoms with van der Waals surface area (Å²) in [5.74, 6) is -0.391. The molecule has 0 aromatic carbocycles. The quantitative estimate of drug-likeness (QED) is 0.510. The minimum Gasteiger partial charge on any atom is -0.259 e. The number of hydrogen-bond acceptors (Lipinski definition) is 1. The van der Waals surface area contributed by atoms with Crippen molar-refractivity contribution in [3.8, 4) is 0 Å². The highest BCUT2D eigenvalue weighted by Gasteiger charge is 1.93. The number of nitrogens with zero attached hydrogens (tertiary/aromatic N) is 1. The van der Waals surface area contributed by atoms with Gasteiger partial charge in [0.15, 0.2) is 0 Å². The maximum Gasteiger partial charge on any atom is 0.140 e. The fourth-order valence-corrected chi connectivity index (χ4v) is 0.523. The molecule has 2 radical (unpaired) electrons. The predicted octanol–water partition coefficient (Wildman–Crippen LogP) is 1.35. The first-order valence-electron chi connectivity index (χ1n) is 3.58. The Morgan fingerprint density at radius 3 is 2.36 bits per heavy atom. The van der Waals surface area contributed by atoms with E-state index in [-0.39, 0.29) is 0 Å². The fourth-order valence-electron chi connectivity index (χ4n) is 0.523. The van der Waals surface area contributed by atoms with Crippen molar-refractivity contribution in [2.45, 2.75) is 20.8 Å². The molecule has 1 heterocycles. The van der Waals surface area contributed by atoms with Crippen molar-refractivity contribution >= 4 is 13.3 Å². The van der Waals surface area contributed by atoms with Gasteiger partial charge >= 0.3 is 0 Å². The van der Waals surface area contributed by atoms with E-state index in [1.54, 1.807) is 6.92 Å². The third-order valence-corrected chi connectivity index (χ3v) is 1.09. The summed E-state index contributed by atoms with van der Waals surface area (Å²) in [5, 5.41) is 0. The molecule has 1 aromatic heterocycles. The van der Waals surface area contributed by atoms with Gasteiger partial charge in [-0.2, -0.15) is 0 Å². The molecule has 0 saturated heterocycles. The van der Waals surface area contributed by atoms with Crippen molar-refractivity contribution in [1.29, 1.82) is 0 Å². The molecule has 0 saturated carbocycles. The summed E-state index contributed by atoms with van der Waals surface area (Å²) < 4.78 is 12.2. The molecule has 0 atom stereocenters. The van der Waals surface area contributed by atoms with Crippen LogP contribution in [0.2, 0.25) is 0 Å². The molecule has 0 N–H and O–H groups in total. The van der Waals surface area contributed by atoms with Crippen LogP contribution in [0.1, 0.15) is 19.5 Å². The second-order valence-corrected chi connectivity index (χ2v) is 1.83. The number of rotatable bonds is 0. The smallest absolute Gasteiger partial charge is 0.140 e. The van der Waals surface area contributed by atoms with Gasteiger partial charge in [0.25, 0.3) is 0 Å². The van der Waals surface area contributed by atoms with E-state index in [1.807, 2.05) is 13.8 Å². The number of aromatic nitrogens is 1. The third-order valence-electron chi connectivity index (χ3n) is 1.09. The van der Waals surface area contributed by atoms with Gasteiger partial charge < -0.3 is 0 Å². The molecule has 1 nitrogen and oxygen atoms in total. The van der Waals surface area contributed by atoms with Gasteiger partial charge in [-0.05, 0) is 13.0 Å².